The van der Waals surface area contributed by atoms with E-state index in [1.54, 1.807) is 0 Å². The van der Waals surface area contributed by atoms with Gasteiger partial charge in [0.15, 0.2) is 11.9 Å². The first-order valence-electron chi connectivity index (χ1n) is 13.0. The molecule has 2 heterocycles. The molecular weight excluding hydrogens is 582 g/mol. The van der Waals surface area contributed by atoms with E-state index in [1.807, 2.05) is 0 Å². The number of nitrogens with one attached hydrogen (secondary N) is 3. The van der Waals surface area contributed by atoms with Gasteiger partial charge in [-0.3, -0.25) is 9.59 Å². The summed E-state index contributed by atoms with van der Waals surface area (Å²) in [5.41, 5.74) is 0.710. The third kappa shape index (κ3) is 6.98. The van der Waals surface area contributed by atoms with E-state index in [1.165, 1.54) is 25.1 Å². The summed E-state index contributed by atoms with van der Waals surface area (Å²) in [6.45, 7) is -0.174. The van der Waals surface area contributed by atoms with Crippen molar-refractivity contribution in [3.05, 3.63) is 41.5 Å². The molecule has 1 aliphatic carbocycles. The fourth-order valence-electron chi connectivity index (χ4n) is 4.70. The minimum atomic E-state index is -3.43. The van der Waals surface area contributed by atoms with Crippen molar-refractivity contribution in [2.24, 2.45) is 5.92 Å². The minimum Gasteiger partial charge on any atom is -0.347 e. The third-order valence-corrected chi connectivity index (χ3v) is 7.08. The van der Waals surface area contributed by atoms with Crippen LogP contribution in [-0.4, -0.2) is 68.1 Å². The Labute approximate surface area is 233 Å². The minimum absolute atomic E-state index is 0.00672. The molecule has 0 bridgehead atoms. The third-order valence-electron chi connectivity index (χ3n) is 7.08. The molecule has 17 heteroatoms. The molecule has 0 radical (unpaired) electrons. The van der Waals surface area contributed by atoms with E-state index < -0.39 is 86.0 Å². The number of benzene rings is 1. The normalized spacial score (nSPS) is 19.3. The van der Waals surface area contributed by atoms with Crippen LogP contribution in [0, 0.1) is 5.92 Å². The van der Waals surface area contributed by atoms with Gasteiger partial charge in [0.25, 0.3) is 24.5 Å². The highest BCUT2D eigenvalue weighted by Gasteiger charge is 2.40. The highest BCUT2D eigenvalue weighted by atomic mass is 19.3. The van der Waals surface area contributed by atoms with Gasteiger partial charge in [-0.1, -0.05) is 6.07 Å². The number of aromatic nitrogens is 5. The van der Waals surface area contributed by atoms with Crippen LogP contribution < -0.4 is 10.6 Å². The van der Waals surface area contributed by atoms with Crippen molar-refractivity contribution in [2.75, 3.05) is 6.67 Å². The number of H-pyrrole nitrogens is 1. The van der Waals surface area contributed by atoms with Gasteiger partial charge >= 0.3 is 0 Å². The van der Waals surface area contributed by atoms with Gasteiger partial charge in [-0.2, -0.15) is 5.10 Å². The highest BCUT2D eigenvalue weighted by Crippen LogP contribution is 2.41. The lowest BCUT2D eigenvalue weighted by molar-refractivity contribution is -0.129. The number of amides is 2. The van der Waals surface area contributed by atoms with E-state index in [9.17, 15) is 44.7 Å². The van der Waals surface area contributed by atoms with Gasteiger partial charge in [0.2, 0.25) is 12.1 Å². The molecule has 1 saturated carbocycles. The van der Waals surface area contributed by atoms with E-state index >= 15 is 0 Å². The van der Waals surface area contributed by atoms with Crippen LogP contribution in [0.5, 0.6) is 0 Å². The smallest absolute Gasteiger partial charge is 0.291 e. The van der Waals surface area contributed by atoms with Gasteiger partial charge in [-0.05, 0) is 43.4 Å². The number of carbonyl (C=O) groups excluding carboxylic acids is 2. The molecule has 2 amide bonds. The van der Waals surface area contributed by atoms with Gasteiger partial charge in [0.1, 0.15) is 12.5 Å². The molecule has 0 saturated heterocycles. The predicted octanol–water partition coefficient (Wildman–Crippen LogP) is 5.01. The lowest BCUT2D eigenvalue weighted by Crippen LogP contribution is -2.39. The number of nitrogens with zero attached hydrogens (tertiary/aromatic N) is 4. The van der Waals surface area contributed by atoms with Crippen molar-refractivity contribution < 1.29 is 44.7 Å². The summed E-state index contributed by atoms with van der Waals surface area (Å²) >= 11 is 0. The molecule has 42 heavy (non-hydrogen) atoms. The first-order chi connectivity index (χ1) is 19.8. The lowest BCUT2D eigenvalue weighted by Gasteiger charge is -2.33. The van der Waals surface area contributed by atoms with Crippen molar-refractivity contribution >= 4 is 22.8 Å². The maximum Gasteiger partial charge on any atom is 0.291 e. The summed E-state index contributed by atoms with van der Waals surface area (Å²) < 4.78 is 106. The SMILES string of the molecule is C[C@@H](NC(=O)C(F)C(F)CF)c1ccc2nc([C@@H](NC(=O)c3cnn(C(F)C(F)F)n3)C3CCC(F)(F)CC3)[nH]c2c1. The van der Waals surface area contributed by atoms with Crippen LogP contribution in [0.3, 0.4) is 0 Å². The molecule has 1 aliphatic rings. The monoisotopic (exact) mass is 609 g/mol. The fourth-order valence-corrected chi connectivity index (χ4v) is 4.70. The molecule has 2 aromatic heterocycles. The average molecular weight is 610 g/mol. The summed E-state index contributed by atoms with van der Waals surface area (Å²) in [5.74, 6) is -5.50. The number of fused-ring (bicyclic) bond motifs is 1. The molecule has 0 aliphatic heterocycles. The zero-order valence-electron chi connectivity index (χ0n) is 22.0. The van der Waals surface area contributed by atoms with Crippen molar-refractivity contribution in [3.8, 4) is 0 Å². The van der Waals surface area contributed by atoms with Crippen LogP contribution in [0.15, 0.2) is 24.4 Å². The topological polar surface area (TPSA) is 118 Å². The summed E-state index contributed by atoms with van der Waals surface area (Å²) in [4.78, 5) is 32.4. The summed E-state index contributed by atoms with van der Waals surface area (Å²) in [6, 6.07) is 2.81. The van der Waals surface area contributed by atoms with Gasteiger partial charge in [0.05, 0.1) is 29.3 Å². The zero-order valence-corrected chi connectivity index (χ0v) is 22.0. The number of rotatable bonds is 11. The van der Waals surface area contributed by atoms with Crippen molar-refractivity contribution in [1.82, 2.24) is 35.6 Å². The lowest BCUT2D eigenvalue weighted by atomic mass is 9.81. The number of hydrogen-bond acceptors (Lipinski definition) is 5. The van der Waals surface area contributed by atoms with Crippen LogP contribution in [0.4, 0.5) is 35.1 Å². The van der Waals surface area contributed by atoms with Crippen molar-refractivity contribution in [1.29, 1.82) is 0 Å². The van der Waals surface area contributed by atoms with Crippen LogP contribution in [0.2, 0.25) is 0 Å². The molecular formula is C25H27F8N7O2. The zero-order chi connectivity index (χ0) is 30.8. The Morgan fingerprint density at radius 1 is 1.12 bits per heavy atom. The molecule has 230 valence electrons. The standard InChI is InChI=1S/C25H27F8N7O2/c1-11(35-24(42)18(28)14(27)9-26)13-2-3-15-16(8-13)37-22(36-15)19(12-4-6-25(32,33)7-5-12)38-23(41)17-10-34-40(39-17)21(31)20(29)30/h2-3,8,10-12,14,18-21H,4-7,9H2,1H3,(H,35,42)(H,36,37)(H,38,41)/t11-,14?,18?,19+,21?/m1/s1. The first kappa shape index (κ1) is 31.2. The second-order valence-electron chi connectivity index (χ2n) is 10.1. The molecule has 9 nitrogen and oxygen atoms in total. The number of aromatic amines is 1. The van der Waals surface area contributed by atoms with Crippen molar-refractivity contribution in [3.63, 3.8) is 0 Å². The molecule has 3 N–H and O–H groups in total. The summed E-state index contributed by atoms with van der Waals surface area (Å²) in [7, 11) is 0. The molecule has 5 atom stereocenters. The molecule has 4 rings (SSSR count). The van der Waals surface area contributed by atoms with E-state index in [2.05, 4.69) is 30.8 Å². The number of imidazole rings is 1. The molecule has 0 spiro atoms. The van der Waals surface area contributed by atoms with E-state index in [4.69, 9.17) is 0 Å². The number of alkyl halides is 8. The van der Waals surface area contributed by atoms with E-state index in [0.717, 1.165) is 6.20 Å². The Morgan fingerprint density at radius 3 is 2.45 bits per heavy atom. The second-order valence-corrected chi connectivity index (χ2v) is 10.1. The van der Waals surface area contributed by atoms with Crippen LogP contribution in [0.1, 0.15) is 72.9 Å². The number of carbonyl (C=O) groups is 2. The molecule has 1 aromatic carbocycles. The number of hydrogen-bond donors (Lipinski definition) is 3. The summed E-state index contributed by atoms with van der Waals surface area (Å²) in [5, 5.41) is 11.7. The Balaban J connectivity index is 1.58. The second kappa shape index (κ2) is 12.6. The maximum atomic E-state index is 13.9. The largest absolute Gasteiger partial charge is 0.347 e. The molecule has 1 fully saturated rings. The van der Waals surface area contributed by atoms with Gasteiger partial charge < -0.3 is 15.6 Å². The molecule has 3 aromatic rings. The highest BCUT2D eigenvalue weighted by molar-refractivity contribution is 5.92. The predicted molar refractivity (Wildman–Crippen MR) is 132 cm³/mol. The summed E-state index contributed by atoms with van der Waals surface area (Å²) in [6.07, 6.45) is -11.7. The van der Waals surface area contributed by atoms with E-state index in [0.29, 0.717) is 16.6 Å². The Bertz CT molecular complexity index is 1390. The van der Waals surface area contributed by atoms with Gasteiger partial charge in [0, 0.05) is 12.8 Å². The van der Waals surface area contributed by atoms with Crippen LogP contribution in [-0.2, 0) is 4.79 Å². The fraction of sp³-hybridized carbons (Fsp3) is 0.560. The quantitative estimate of drug-likeness (QED) is 0.265. The van der Waals surface area contributed by atoms with Gasteiger partial charge in [-0.25, -0.2) is 40.1 Å². The number of halogens is 8. The van der Waals surface area contributed by atoms with Crippen LogP contribution >= 0.6 is 0 Å². The van der Waals surface area contributed by atoms with Crippen molar-refractivity contribution in [2.45, 2.75) is 75.7 Å². The first-order valence-corrected chi connectivity index (χ1v) is 13.0. The Morgan fingerprint density at radius 2 is 1.81 bits per heavy atom. The maximum absolute atomic E-state index is 13.9. The van der Waals surface area contributed by atoms with E-state index in [-0.39, 0.29) is 23.5 Å². The van der Waals surface area contributed by atoms with Crippen LogP contribution in [0.25, 0.3) is 11.0 Å². The van der Waals surface area contributed by atoms with Gasteiger partial charge in [-0.15, -0.1) is 9.90 Å². The molecule has 3 unspecified atom stereocenters. The Hall–Kier alpha value is -3.79. The average Bonchev–Trinajstić information content (AvgIpc) is 3.62. The Kier molecular flexibility index (Phi) is 9.35.